The molecule has 0 N–H and O–H groups in total. The van der Waals surface area contributed by atoms with Gasteiger partial charge in [0, 0.05) is 30.4 Å². The van der Waals surface area contributed by atoms with Crippen LogP contribution in [0.25, 0.3) is 0 Å². The minimum Gasteiger partial charge on any atom is -0.351 e. The third-order valence-electron chi connectivity index (χ3n) is 4.47. The van der Waals surface area contributed by atoms with Gasteiger partial charge in [0.1, 0.15) is 0 Å². The Labute approximate surface area is 142 Å². The van der Waals surface area contributed by atoms with Gasteiger partial charge in [-0.2, -0.15) is 5.10 Å². The summed E-state index contributed by atoms with van der Waals surface area (Å²) in [6, 6.07) is 4.66. The van der Waals surface area contributed by atoms with Crippen LogP contribution < -0.4 is 9.80 Å². The lowest BCUT2D eigenvalue weighted by molar-refractivity contribution is 0.487. The van der Waals surface area contributed by atoms with E-state index in [-0.39, 0.29) is 5.41 Å². The summed E-state index contributed by atoms with van der Waals surface area (Å²) in [6.45, 7) is 12.6. The molecule has 1 fully saturated rings. The zero-order valence-corrected chi connectivity index (χ0v) is 15.6. The summed E-state index contributed by atoms with van der Waals surface area (Å²) in [5, 5.41) is 9.89. The number of nitrogens with zero attached hydrogens (tertiary/aromatic N) is 5. The molecule has 0 unspecified atom stereocenters. The fourth-order valence-corrected chi connectivity index (χ4v) is 3.49. The Hall–Kier alpha value is -1.69. The maximum atomic E-state index is 4.65. The van der Waals surface area contributed by atoms with Gasteiger partial charge in [0.15, 0.2) is 10.9 Å². The Morgan fingerprint density at radius 3 is 2.35 bits per heavy atom. The normalized spacial score (nSPS) is 15.7. The van der Waals surface area contributed by atoms with Gasteiger partial charge in [-0.3, -0.25) is 0 Å². The summed E-state index contributed by atoms with van der Waals surface area (Å²) >= 11 is 1.77. The second kappa shape index (κ2) is 5.74. The number of rotatable bonds is 3. The Kier molecular flexibility index (Phi) is 4.04. The topological polar surface area (TPSA) is 45.2 Å². The zero-order valence-electron chi connectivity index (χ0n) is 14.8. The molecule has 0 saturated carbocycles. The van der Waals surface area contributed by atoms with E-state index in [9.17, 15) is 0 Å². The van der Waals surface area contributed by atoms with Gasteiger partial charge in [-0.15, -0.1) is 16.4 Å². The van der Waals surface area contributed by atoms with Crippen molar-refractivity contribution in [3.63, 3.8) is 0 Å². The number of aromatic nitrogens is 3. The summed E-state index contributed by atoms with van der Waals surface area (Å²) in [7, 11) is 2.13. The van der Waals surface area contributed by atoms with Crippen LogP contribution in [0.2, 0.25) is 0 Å². The molecule has 124 valence electrons. The molecule has 0 spiro atoms. The molecule has 23 heavy (non-hydrogen) atoms. The highest BCUT2D eigenvalue weighted by Crippen LogP contribution is 2.30. The molecule has 0 bridgehead atoms. The third-order valence-corrected chi connectivity index (χ3v) is 5.64. The molecule has 0 radical (unpaired) electrons. The second-order valence-electron chi connectivity index (χ2n) is 7.33. The lowest BCUT2D eigenvalue weighted by Crippen LogP contribution is -2.59. The van der Waals surface area contributed by atoms with Crippen LogP contribution >= 0.6 is 11.3 Å². The fourth-order valence-electron chi connectivity index (χ4n) is 2.54. The molecule has 2 aromatic heterocycles. The monoisotopic (exact) mass is 331 g/mol. The lowest BCUT2D eigenvalue weighted by Gasteiger charge is -2.44. The van der Waals surface area contributed by atoms with Crippen molar-refractivity contribution in [2.45, 2.75) is 46.1 Å². The van der Waals surface area contributed by atoms with Crippen molar-refractivity contribution in [3.05, 3.63) is 28.4 Å². The highest BCUT2D eigenvalue weighted by molar-refractivity contribution is 7.15. The Bertz CT molecular complexity index is 660. The van der Waals surface area contributed by atoms with E-state index in [1.807, 2.05) is 0 Å². The molecule has 6 heteroatoms. The maximum Gasteiger partial charge on any atom is 0.185 e. The first-order valence-corrected chi connectivity index (χ1v) is 8.83. The van der Waals surface area contributed by atoms with Crippen molar-refractivity contribution in [2.75, 3.05) is 29.9 Å². The molecular weight excluding hydrogens is 306 g/mol. The molecule has 0 amide bonds. The summed E-state index contributed by atoms with van der Waals surface area (Å²) < 4.78 is 0. The van der Waals surface area contributed by atoms with E-state index in [1.54, 1.807) is 11.3 Å². The van der Waals surface area contributed by atoms with E-state index in [0.717, 1.165) is 35.4 Å². The zero-order chi connectivity index (χ0) is 16.8. The number of hydrogen-bond acceptors (Lipinski definition) is 6. The first kappa shape index (κ1) is 16.2. The molecule has 5 nitrogen and oxygen atoms in total. The molecule has 1 aliphatic heterocycles. The minimum atomic E-state index is 0.0454. The largest absolute Gasteiger partial charge is 0.351 e. The number of likely N-dealkylation sites (N-methyl/N-ethyl adjacent to an activating group) is 1. The predicted molar refractivity (Wildman–Crippen MR) is 96.7 cm³/mol. The van der Waals surface area contributed by atoms with Gasteiger partial charge < -0.3 is 9.80 Å². The molecule has 3 heterocycles. The quantitative estimate of drug-likeness (QED) is 0.864. The van der Waals surface area contributed by atoms with Gasteiger partial charge in [-0.1, -0.05) is 20.8 Å². The molecule has 1 aliphatic rings. The van der Waals surface area contributed by atoms with E-state index in [4.69, 9.17) is 0 Å². The summed E-state index contributed by atoms with van der Waals surface area (Å²) in [5.74, 6) is 0.967. The molecular formula is C17H25N5S. The standard InChI is InChI=1S/C17H25N5S/c1-11-12(2)23-16(18-11)21(6)13-9-22(10-13)15-8-7-14(19-20-15)17(3,4)5/h7-8,13H,9-10H2,1-6H3. The highest BCUT2D eigenvalue weighted by Gasteiger charge is 2.32. The number of hydrogen-bond donors (Lipinski definition) is 0. The predicted octanol–water partition coefficient (Wildman–Crippen LogP) is 3.17. The van der Waals surface area contributed by atoms with Crippen molar-refractivity contribution in [2.24, 2.45) is 0 Å². The van der Waals surface area contributed by atoms with E-state index < -0.39 is 0 Å². The van der Waals surface area contributed by atoms with Crippen molar-refractivity contribution in [3.8, 4) is 0 Å². The van der Waals surface area contributed by atoms with Crippen LogP contribution in [0.4, 0.5) is 10.9 Å². The molecule has 0 atom stereocenters. The second-order valence-corrected chi connectivity index (χ2v) is 8.52. The van der Waals surface area contributed by atoms with Crippen LogP contribution in [-0.2, 0) is 5.41 Å². The molecule has 1 saturated heterocycles. The van der Waals surface area contributed by atoms with E-state index in [1.165, 1.54) is 4.88 Å². The maximum absolute atomic E-state index is 4.65. The van der Waals surface area contributed by atoms with Gasteiger partial charge in [0.05, 0.1) is 17.4 Å². The molecule has 2 aromatic rings. The van der Waals surface area contributed by atoms with Gasteiger partial charge in [-0.25, -0.2) is 4.98 Å². The smallest absolute Gasteiger partial charge is 0.185 e. The molecule has 0 aromatic carbocycles. The van der Waals surface area contributed by atoms with Crippen LogP contribution in [0.1, 0.15) is 37.0 Å². The van der Waals surface area contributed by atoms with Gasteiger partial charge >= 0.3 is 0 Å². The van der Waals surface area contributed by atoms with Crippen LogP contribution in [0.5, 0.6) is 0 Å². The Morgan fingerprint density at radius 1 is 1.17 bits per heavy atom. The van der Waals surface area contributed by atoms with Crippen LogP contribution in [0, 0.1) is 13.8 Å². The average Bonchev–Trinajstić information content (AvgIpc) is 2.76. The van der Waals surface area contributed by atoms with Crippen LogP contribution in [0.15, 0.2) is 12.1 Å². The van der Waals surface area contributed by atoms with Gasteiger partial charge in [0.25, 0.3) is 0 Å². The van der Waals surface area contributed by atoms with Crippen molar-refractivity contribution < 1.29 is 0 Å². The first-order chi connectivity index (χ1) is 10.8. The molecule has 3 rings (SSSR count). The van der Waals surface area contributed by atoms with Crippen LogP contribution in [-0.4, -0.2) is 41.4 Å². The number of thiazole rings is 1. The highest BCUT2D eigenvalue weighted by atomic mass is 32.1. The van der Waals surface area contributed by atoms with Crippen molar-refractivity contribution in [1.29, 1.82) is 0 Å². The SMILES string of the molecule is Cc1nc(N(C)C2CN(c3ccc(C(C)(C)C)nn3)C2)sc1C. The third kappa shape index (κ3) is 3.17. The summed E-state index contributed by atoms with van der Waals surface area (Å²) in [4.78, 5) is 10.5. The summed E-state index contributed by atoms with van der Waals surface area (Å²) in [5.41, 5.74) is 2.21. The summed E-state index contributed by atoms with van der Waals surface area (Å²) in [6.07, 6.45) is 0. The lowest BCUT2D eigenvalue weighted by atomic mass is 9.92. The molecule has 0 aliphatic carbocycles. The van der Waals surface area contributed by atoms with Gasteiger partial charge in [-0.05, 0) is 26.0 Å². The minimum absolute atomic E-state index is 0.0454. The van der Waals surface area contributed by atoms with Gasteiger partial charge in [0.2, 0.25) is 0 Å². The van der Waals surface area contributed by atoms with Crippen LogP contribution in [0.3, 0.4) is 0 Å². The Morgan fingerprint density at radius 2 is 1.87 bits per heavy atom. The Balaban J connectivity index is 1.62. The van der Waals surface area contributed by atoms with E-state index in [2.05, 4.69) is 78.8 Å². The first-order valence-electron chi connectivity index (χ1n) is 8.01. The average molecular weight is 331 g/mol. The fraction of sp³-hybridized carbons (Fsp3) is 0.588. The van der Waals surface area contributed by atoms with E-state index >= 15 is 0 Å². The van der Waals surface area contributed by atoms with E-state index in [0.29, 0.717) is 6.04 Å². The number of anilines is 2. The van der Waals surface area contributed by atoms with Crippen molar-refractivity contribution >= 4 is 22.3 Å². The number of aryl methyl sites for hydroxylation is 2. The van der Waals surface area contributed by atoms with Crippen molar-refractivity contribution in [1.82, 2.24) is 15.2 Å².